The van der Waals surface area contributed by atoms with Gasteiger partial charge in [-0.1, -0.05) is 253 Å². The molecule has 0 amide bonds. The summed E-state index contributed by atoms with van der Waals surface area (Å²) in [6.07, 6.45) is 45.2. The van der Waals surface area contributed by atoms with E-state index in [9.17, 15) is 14.4 Å². The zero-order valence-corrected chi connectivity index (χ0v) is 41.3. The maximum atomic E-state index is 12.8. The second kappa shape index (κ2) is 45.4. The van der Waals surface area contributed by atoms with Crippen LogP contribution in [0.15, 0.2) is 0 Å². The molecule has 356 valence electrons. The average Bonchev–Trinajstić information content (AvgIpc) is 3.22. The molecule has 0 saturated heterocycles. The van der Waals surface area contributed by atoms with Gasteiger partial charge in [0.2, 0.25) is 0 Å². The zero-order valence-electron chi connectivity index (χ0n) is 41.3. The first-order valence-electron chi connectivity index (χ1n) is 26.6. The first-order chi connectivity index (χ1) is 29.1. The molecule has 6 heteroatoms. The summed E-state index contributed by atoms with van der Waals surface area (Å²) < 4.78 is 16.8. The molecule has 0 fully saturated rings. The third kappa shape index (κ3) is 45.9. The fourth-order valence-electron chi connectivity index (χ4n) is 8.08. The molecule has 6 nitrogen and oxygen atoms in total. The van der Waals surface area contributed by atoms with Crippen LogP contribution in [-0.2, 0) is 28.6 Å². The summed E-state index contributed by atoms with van der Waals surface area (Å²) in [7, 11) is 0. The number of ether oxygens (including phenoxy) is 3. The van der Waals surface area contributed by atoms with Crippen LogP contribution in [0.5, 0.6) is 0 Å². The number of hydrogen-bond donors (Lipinski definition) is 0. The van der Waals surface area contributed by atoms with E-state index in [2.05, 4.69) is 41.5 Å². The number of unbranched alkanes of at least 4 members (excludes halogenated alkanes) is 29. The minimum Gasteiger partial charge on any atom is -0.462 e. The summed E-state index contributed by atoms with van der Waals surface area (Å²) in [5.41, 5.74) is 0. The van der Waals surface area contributed by atoms with Crippen molar-refractivity contribution in [2.24, 2.45) is 17.8 Å². The van der Waals surface area contributed by atoms with Gasteiger partial charge in [-0.2, -0.15) is 0 Å². The molecule has 60 heavy (non-hydrogen) atoms. The van der Waals surface area contributed by atoms with Crippen LogP contribution in [-0.4, -0.2) is 37.2 Å². The Kier molecular flexibility index (Phi) is 44.2. The Labute approximate surface area is 374 Å². The van der Waals surface area contributed by atoms with Crippen LogP contribution in [0.25, 0.3) is 0 Å². The van der Waals surface area contributed by atoms with Crippen LogP contribution in [0.4, 0.5) is 0 Å². The van der Waals surface area contributed by atoms with Gasteiger partial charge in [0.05, 0.1) is 0 Å². The molecule has 0 heterocycles. The predicted octanol–water partition coefficient (Wildman–Crippen LogP) is 17.2. The Bertz CT molecular complexity index is 931. The van der Waals surface area contributed by atoms with E-state index in [0.717, 1.165) is 75.5 Å². The molecule has 0 bridgehead atoms. The standard InChI is InChI=1S/C54H104O6/c1-7-50(6)42-36-30-26-27-32-38-44-53(56)59-47-51(46-58-52(55)43-37-31-24-20-16-13-12-15-19-23-29-35-41-49(4)5)60-54(57)45-39-33-25-21-17-11-9-8-10-14-18-22-28-34-40-48(2)3/h48-51H,7-47H2,1-6H3/t50?,51-/m1/s1. The minimum atomic E-state index is -0.763. The quantitative estimate of drug-likeness (QED) is 0.0345. The van der Waals surface area contributed by atoms with Gasteiger partial charge in [0.1, 0.15) is 13.2 Å². The fourth-order valence-corrected chi connectivity index (χ4v) is 8.08. The number of hydrogen-bond acceptors (Lipinski definition) is 6. The van der Waals surface area contributed by atoms with E-state index in [4.69, 9.17) is 14.2 Å². The van der Waals surface area contributed by atoms with Gasteiger partial charge in [0, 0.05) is 19.3 Å². The van der Waals surface area contributed by atoms with E-state index in [-0.39, 0.29) is 31.1 Å². The maximum absolute atomic E-state index is 12.8. The highest BCUT2D eigenvalue weighted by Gasteiger charge is 2.19. The van der Waals surface area contributed by atoms with Crippen molar-refractivity contribution >= 4 is 17.9 Å². The Morgan fingerprint density at radius 1 is 0.333 bits per heavy atom. The highest BCUT2D eigenvalue weighted by Crippen LogP contribution is 2.18. The largest absolute Gasteiger partial charge is 0.462 e. The Morgan fingerprint density at radius 2 is 0.583 bits per heavy atom. The lowest BCUT2D eigenvalue weighted by Gasteiger charge is -2.18. The fraction of sp³-hybridized carbons (Fsp3) is 0.944. The summed E-state index contributed by atoms with van der Waals surface area (Å²) in [5, 5.41) is 0. The van der Waals surface area contributed by atoms with Crippen molar-refractivity contribution in [2.45, 2.75) is 298 Å². The van der Waals surface area contributed by atoms with Crippen LogP contribution < -0.4 is 0 Å². The van der Waals surface area contributed by atoms with Gasteiger partial charge in [0.15, 0.2) is 6.10 Å². The smallest absolute Gasteiger partial charge is 0.306 e. The lowest BCUT2D eigenvalue weighted by atomic mass is 10.00. The molecule has 0 saturated carbocycles. The zero-order chi connectivity index (χ0) is 44.2. The van der Waals surface area contributed by atoms with Crippen molar-refractivity contribution in [1.29, 1.82) is 0 Å². The first kappa shape index (κ1) is 58.4. The van der Waals surface area contributed by atoms with Crippen LogP contribution in [0.2, 0.25) is 0 Å². The molecule has 1 unspecified atom stereocenters. The molecular weight excluding hydrogens is 745 g/mol. The number of rotatable bonds is 47. The second-order valence-corrected chi connectivity index (χ2v) is 19.7. The van der Waals surface area contributed by atoms with Crippen LogP contribution in [0.3, 0.4) is 0 Å². The Hall–Kier alpha value is -1.59. The highest BCUT2D eigenvalue weighted by molar-refractivity contribution is 5.71. The maximum Gasteiger partial charge on any atom is 0.306 e. The molecule has 2 atom stereocenters. The highest BCUT2D eigenvalue weighted by atomic mass is 16.6. The van der Waals surface area contributed by atoms with E-state index in [1.165, 1.54) is 173 Å². The summed E-state index contributed by atoms with van der Waals surface area (Å²) in [6.45, 7) is 13.7. The van der Waals surface area contributed by atoms with E-state index in [0.29, 0.717) is 19.3 Å². The van der Waals surface area contributed by atoms with Gasteiger partial charge < -0.3 is 14.2 Å². The number of esters is 3. The van der Waals surface area contributed by atoms with Gasteiger partial charge in [0.25, 0.3) is 0 Å². The van der Waals surface area contributed by atoms with E-state index >= 15 is 0 Å². The van der Waals surface area contributed by atoms with Gasteiger partial charge in [-0.3, -0.25) is 14.4 Å². The molecule has 0 spiro atoms. The molecule has 0 aliphatic rings. The molecule has 0 N–H and O–H groups in total. The normalized spacial score (nSPS) is 12.6. The van der Waals surface area contributed by atoms with Crippen molar-refractivity contribution in [2.75, 3.05) is 13.2 Å². The molecule has 0 aliphatic heterocycles. The second-order valence-electron chi connectivity index (χ2n) is 19.7. The van der Waals surface area contributed by atoms with Gasteiger partial charge >= 0.3 is 17.9 Å². The van der Waals surface area contributed by atoms with Crippen molar-refractivity contribution < 1.29 is 28.6 Å². The molecule has 0 aromatic heterocycles. The predicted molar refractivity (Wildman–Crippen MR) is 256 cm³/mol. The lowest BCUT2D eigenvalue weighted by Crippen LogP contribution is -2.30. The Balaban J connectivity index is 4.29. The van der Waals surface area contributed by atoms with E-state index in [1.54, 1.807) is 0 Å². The molecule has 0 aromatic rings. The van der Waals surface area contributed by atoms with E-state index < -0.39 is 6.10 Å². The SMILES string of the molecule is CCC(C)CCCCCCCCC(=O)OC[C@@H](COC(=O)CCCCCCCCCCCCCCC(C)C)OC(=O)CCCCCCCCCCCCCCCCC(C)C. The average molecular weight is 849 g/mol. The van der Waals surface area contributed by atoms with Crippen LogP contribution in [0, 0.1) is 17.8 Å². The third-order valence-corrected chi connectivity index (χ3v) is 12.5. The molecule has 0 aromatic carbocycles. The molecule has 0 aliphatic carbocycles. The van der Waals surface area contributed by atoms with Crippen molar-refractivity contribution in [3.05, 3.63) is 0 Å². The third-order valence-electron chi connectivity index (χ3n) is 12.5. The first-order valence-corrected chi connectivity index (χ1v) is 26.6. The van der Waals surface area contributed by atoms with Gasteiger partial charge in [-0.15, -0.1) is 0 Å². The van der Waals surface area contributed by atoms with E-state index in [1.807, 2.05) is 0 Å². The topological polar surface area (TPSA) is 78.9 Å². The number of carbonyl (C=O) groups is 3. The lowest BCUT2D eigenvalue weighted by molar-refractivity contribution is -0.167. The summed E-state index contributed by atoms with van der Waals surface area (Å²) in [4.78, 5) is 38.0. The van der Waals surface area contributed by atoms with Gasteiger partial charge in [-0.25, -0.2) is 0 Å². The van der Waals surface area contributed by atoms with Crippen molar-refractivity contribution in [3.63, 3.8) is 0 Å². The Morgan fingerprint density at radius 3 is 0.867 bits per heavy atom. The van der Waals surface area contributed by atoms with Gasteiger partial charge in [-0.05, 0) is 37.0 Å². The van der Waals surface area contributed by atoms with Crippen LogP contribution >= 0.6 is 0 Å². The summed E-state index contributed by atoms with van der Waals surface area (Å²) in [5.74, 6) is 1.64. The molecule has 0 radical (unpaired) electrons. The van der Waals surface area contributed by atoms with Crippen LogP contribution in [0.1, 0.15) is 292 Å². The molecule has 0 rings (SSSR count). The molecular formula is C54H104O6. The van der Waals surface area contributed by atoms with Crippen molar-refractivity contribution in [3.8, 4) is 0 Å². The monoisotopic (exact) mass is 849 g/mol. The van der Waals surface area contributed by atoms with Crippen molar-refractivity contribution in [1.82, 2.24) is 0 Å². The summed E-state index contributed by atoms with van der Waals surface area (Å²) >= 11 is 0. The summed E-state index contributed by atoms with van der Waals surface area (Å²) in [6, 6.07) is 0. The minimum absolute atomic E-state index is 0.0650. The number of carbonyl (C=O) groups excluding carboxylic acids is 3.